The molecule has 0 bridgehead atoms. The third kappa shape index (κ3) is 3.06. The first kappa shape index (κ1) is 14.9. The molecule has 0 saturated heterocycles. The molecule has 1 aliphatic heterocycles. The zero-order chi connectivity index (χ0) is 15.8. The summed E-state index contributed by atoms with van der Waals surface area (Å²) >= 11 is 1.70. The van der Waals surface area contributed by atoms with Crippen LogP contribution >= 0.6 is 11.3 Å². The molecule has 1 aromatic heterocycles. The van der Waals surface area contributed by atoms with Gasteiger partial charge in [-0.05, 0) is 59.8 Å². The number of nitrogens with zero attached hydrogens (tertiary/aromatic N) is 2. The second-order valence-corrected chi connectivity index (χ2v) is 7.51. The second kappa shape index (κ2) is 6.10. The van der Waals surface area contributed by atoms with Crippen molar-refractivity contribution in [1.82, 2.24) is 9.80 Å². The van der Waals surface area contributed by atoms with Gasteiger partial charge >= 0.3 is 0 Å². The third-order valence-electron chi connectivity index (χ3n) is 4.97. The zero-order valence-electron chi connectivity index (χ0n) is 13.4. The molecular formula is C19H22N2OS. The summed E-state index contributed by atoms with van der Waals surface area (Å²) in [6.07, 6.45) is 3.14. The average Bonchev–Trinajstić information content (AvgIpc) is 3.27. The third-order valence-corrected chi connectivity index (χ3v) is 5.70. The molecule has 0 unspecified atom stereocenters. The number of benzene rings is 1. The molecule has 4 rings (SSSR count). The molecular weight excluding hydrogens is 304 g/mol. The van der Waals surface area contributed by atoms with Crippen LogP contribution in [0.1, 0.15) is 29.5 Å². The first-order chi connectivity index (χ1) is 11.2. The predicted octanol–water partition coefficient (Wildman–Crippen LogP) is 3.30. The van der Waals surface area contributed by atoms with Gasteiger partial charge < -0.3 is 4.90 Å². The van der Waals surface area contributed by atoms with E-state index in [1.54, 1.807) is 11.3 Å². The van der Waals surface area contributed by atoms with Crippen LogP contribution in [0.3, 0.4) is 0 Å². The molecule has 1 fully saturated rings. The highest BCUT2D eigenvalue weighted by atomic mass is 32.1. The summed E-state index contributed by atoms with van der Waals surface area (Å²) in [6.45, 7) is 1.63. The Morgan fingerprint density at radius 1 is 1.26 bits per heavy atom. The minimum absolute atomic E-state index is 0.0239. The zero-order valence-corrected chi connectivity index (χ0v) is 14.3. The first-order valence-corrected chi connectivity index (χ1v) is 9.25. The van der Waals surface area contributed by atoms with E-state index in [-0.39, 0.29) is 6.04 Å². The number of rotatable bonds is 4. The van der Waals surface area contributed by atoms with Gasteiger partial charge in [-0.1, -0.05) is 24.3 Å². The van der Waals surface area contributed by atoms with E-state index in [2.05, 4.69) is 57.9 Å². The minimum Gasteiger partial charge on any atom is -0.334 e. The second-order valence-electron chi connectivity index (χ2n) is 6.73. The molecule has 4 heteroatoms. The van der Waals surface area contributed by atoms with Crippen molar-refractivity contribution in [2.24, 2.45) is 0 Å². The number of likely N-dealkylation sites (N-methyl/N-ethyl adjacent to an activating group) is 1. The number of hydrogen-bond acceptors (Lipinski definition) is 3. The van der Waals surface area contributed by atoms with Gasteiger partial charge in [0.1, 0.15) is 0 Å². The summed E-state index contributed by atoms with van der Waals surface area (Å²) in [6, 6.07) is 11.1. The van der Waals surface area contributed by atoms with Crippen molar-refractivity contribution < 1.29 is 4.79 Å². The molecule has 23 heavy (non-hydrogen) atoms. The van der Waals surface area contributed by atoms with E-state index in [0.29, 0.717) is 11.9 Å². The van der Waals surface area contributed by atoms with E-state index in [4.69, 9.17) is 0 Å². The van der Waals surface area contributed by atoms with Crippen LogP contribution < -0.4 is 0 Å². The lowest BCUT2D eigenvalue weighted by Crippen LogP contribution is -2.50. The van der Waals surface area contributed by atoms with Crippen LogP contribution in [0.2, 0.25) is 0 Å². The summed E-state index contributed by atoms with van der Waals surface area (Å²) in [5, 5.41) is 4.25. The quantitative estimate of drug-likeness (QED) is 0.861. The van der Waals surface area contributed by atoms with Gasteiger partial charge in [0.2, 0.25) is 5.91 Å². The lowest BCUT2D eigenvalue weighted by molar-refractivity contribution is -0.138. The minimum atomic E-state index is -0.0239. The molecule has 2 aromatic rings. The van der Waals surface area contributed by atoms with Crippen molar-refractivity contribution in [3.63, 3.8) is 0 Å². The fraction of sp³-hybridized carbons (Fsp3) is 0.421. The number of thiophene rings is 1. The lowest BCUT2D eigenvalue weighted by Gasteiger charge is -2.36. The van der Waals surface area contributed by atoms with E-state index >= 15 is 0 Å². The van der Waals surface area contributed by atoms with Gasteiger partial charge in [0, 0.05) is 19.1 Å². The van der Waals surface area contributed by atoms with Gasteiger partial charge in [0.15, 0.2) is 0 Å². The molecule has 2 heterocycles. The summed E-state index contributed by atoms with van der Waals surface area (Å²) in [5.41, 5.74) is 3.94. The summed E-state index contributed by atoms with van der Waals surface area (Å²) < 4.78 is 0. The van der Waals surface area contributed by atoms with Crippen LogP contribution in [0.5, 0.6) is 0 Å². The van der Waals surface area contributed by atoms with Gasteiger partial charge in [-0.15, -0.1) is 0 Å². The fourth-order valence-corrected chi connectivity index (χ4v) is 4.13. The summed E-state index contributed by atoms with van der Waals surface area (Å²) in [4.78, 5) is 17.6. The van der Waals surface area contributed by atoms with Crippen molar-refractivity contribution in [3.05, 3.63) is 57.8 Å². The Kier molecular flexibility index (Phi) is 3.95. The topological polar surface area (TPSA) is 23.6 Å². The highest BCUT2D eigenvalue weighted by Gasteiger charge is 2.38. The van der Waals surface area contributed by atoms with Crippen LogP contribution in [-0.2, 0) is 24.3 Å². The standard InChI is InChI=1S/C19H22N2OS/c1-20-12-16-5-3-2-4-15(16)10-18(20)19(22)21(17-6-7-17)11-14-8-9-23-13-14/h2-5,8-9,13,17-18H,6-7,10-12H2,1H3/t18-/m0/s1. The Hall–Kier alpha value is -1.65. The molecule has 0 radical (unpaired) electrons. The Morgan fingerprint density at radius 2 is 2.04 bits per heavy atom. The number of carbonyl (C=O) groups excluding carboxylic acids is 1. The molecule has 1 atom stereocenters. The SMILES string of the molecule is CN1Cc2ccccc2C[C@H]1C(=O)N(Cc1ccsc1)C1CC1. The van der Waals surface area contributed by atoms with Crippen molar-refractivity contribution in [2.75, 3.05) is 7.05 Å². The van der Waals surface area contributed by atoms with Gasteiger partial charge in [-0.25, -0.2) is 0 Å². The molecule has 1 aromatic carbocycles. The van der Waals surface area contributed by atoms with Gasteiger partial charge in [0.05, 0.1) is 6.04 Å². The molecule has 2 aliphatic rings. The Labute approximate surface area is 141 Å². The maximum Gasteiger partial charge on any atom is 0.240 e. The Bertz CT molecular complexity index is 693. The summed E-state index contributed by atoms with van der Waals surface area (Å²) in [7, 11) is 2.08. The van der Waals surface area contributed by atoms with Gasteiger partial charge in [-0.2, -0.15) is 11.3 Å². The Morgan fingerprint density at radius 3 is 2.74 bits per heavy atom. The number of amides is 1. The molecule has 0 spiro atoms. The molecule has 1 aliphatic carbocycles. The summed E-state index contributed by atoms with van der Waals surface area (Å²) in [5.74, 6) is 0.302. The van der Waals surface area contributed by atoms with Crippen LogP contribution in [-0.4, -0.2) is 34.8 Å². The van der Waals surface area contributed by atoms with Crippen LogP contribution in [0.4, 0.5) is 0 Å². The molecule has 0 N–H and O–H groups in total. The van der Waals surface area contributed by atoms with Crippen molar-refractivity contribution in [1.29, 1.82) is 0 Å². The van der Waals surface area contributed by atoms with E-state index in [0.717, 1.165) is 32.4 Å². The van der Waals surface area contributed by atoms with Crippen molar-refractivity contribution in [2.45, 2.75) is 44.4 Å². The van der Waals surface area contributed by atoms with E-state index < -0.39 is 0 Å². The first-order valence-electron chi connectivity index (χ1n) is 8.31. The number of hydrogen-bond donors (Lipinski definition) is 0. The van der Waals surface area contributed by atoms with Crippen molar-refractivity contribution >= 4 is 17.2 Å². The van der Waals surface area contributed by atoms with Gasteiger partial charge in [-0.3, -0.25) is 9.69 Å². The highest BCUT2D eigenvalue weighted by Crippen LogP contribution is 2.31. The smallest absolute Gasteiger partial charge is 0.240 e. The predicted molar refractivity (Wildman–Crippen MR) is 93.3 cm³/mol. The van der Waals surface area contributed by atoms with E-state index in [1.807, 2.05) is 0 Å². The molecule has 3 nitrogen and oxygen atoms in total. The molecule has 1 amide bonds. The monoisotopic (exact) mass is 326 g/mol. The van der Waals surface area contributed by atoms with E-state index in [9.17, 15) is 4.79 Å². The average molecular weight is 326 g/mol. The fourth-order valence-electron chi connectivity index (χ4n) is 3.47. The molecule has 1 saturated carbocycles. The van der Waals surface area contributed by atoms with Crippen LogP contribution in [0.15, 0.2) is 41.1 Å². The Balaban J connectivity index is 1.55. The highest BCUT2D eigenvalue weighted by molar-refractivity contribution is 7.07. The van der Waals surface area contributed by atoms with Crippen molar-refractivity contribution in [3.8, 4) is 0 Å². The van der Waals surface area contributed by atoms with E-state index in [1.165, 1.54) is 16.7 Å². The maximum absolute atomic E-state index is 13.2. The number of carbonyl (C=O) groups is 1. The largest absolute Gasteiger partial charge is 0.334 e. The molecule has 120 valence electrons. The maximum atomic E-state index is 13.2. The van der Waals surface area contributed by atoms with Crippen LogP contribution in [0.25, 0.3) is 0 Å². The van der Waals surface area contributed by atoms with Gasteiger partial charge in [0.25, 0.3) is 0 Å². The number of fused-ring (bicyclic) bond motifs is 1. The normalized spacial score (nSPS) is 21.0. The van der Waals surface area contributed by atoms with Crippen LogP contribution in [0, 0.1) is 0 Å². The lowest BCUT2D eigenvalue weighted by atomic mass is 9.93.